The van der Waals surface area contributed by atoms with Gasteiger partial charge in [0.25, 0.3) is 12.4 Å². The van der Waals surface area contributed by atoms with Gasteiger partial charge in [-0.15, -0.1) is 0 Å². The molecule has 1 aliphatic rings. The van der Waals surface area contributed by atoms with Gasteiger partial charge in [0.1, 0.15) is 11.4 Å². The first-order valence-electron chi connectivity index (χ1n) is 10.5. The third kappa shape index (κ3) is 3.91. The van der Waals surface area contributed by atoms with Crippen molar-refractivity contribution >= 4 is 11.6 Å². The maximum Gasteiger partial charge on any atom is 0.280 e. The molecular weight excluding hydrogens is 430 g/mol. The highest BCUT2D eigenvalue weighted by Gasteiger charge is 2.29. The van der Waals surface area contributed by atoms with Crippen molar-refractivity contribution in [3.05, 3.63) is 82.1 Å². The molecule has 162 valence electrons. The molecule has 1 saturated carbocycles. The van der Waals surface area contributed by atoms with Crippen molar-refractivity contribution in [1.29, 1.82) is 0 Å². The molecule has 0 aliphatic heterocycles. The number of benzene rings is 2. The Labute approximate surface area is 189 Å². The van der Waals surface area contributed by atoms with Gasteiger partial charge in [0, 0.05) is 22.7 Å². The molecule has 0 amide bonds. The van der Waals surface area contributed by atoms with Crippen LogP contribution >= 0.6 is 11.6 Å². The lowest BCUT2D eigenvalue weighted by Gasteiger charge is -2.10. The summed E-state index contributed by atoms with van der Waals surface area (Å²) in [7, 11) is 0. The van der Waals surface area contributed by atoms with E-state index in [1.54, 1.807) is 0 Å². The molecule has 0 unspecified atom stereocenters. The first-order chi connectivity index (χ1) is 15.4. The number of rotatable bonds is 5. The van der Waals surface area contributed by atoms with Crippen molar-refractivity contribution in [3.63, 3.8) is 0 Å². The number of hydrogen-bond donors (Lipinski definition) is 0. The number of hydrogen-bond acceptors (Lipinski definition) is 3. The summed E-state index contributed by atoms with van der Waals surface area (Å²) < 4.78 is 28.8. The van der Waals surface area contributed by atoms with Gasteiger partial charge >= 0.3 is 0 Å². The Hall–Kier alpha value is -3.12. The summed E-state index contributed by atoms with van der Waals surface area (Å²) in [4.78, 5) is 8.77. The summed E-state index contributed by atoms with van der Waals surface area (Å²) in [6, 6.07) is 17.1. The average Bonchev–Trinajstić information content (AvgIpc) is 3.58. The fourth-order valence-corrected chi connectivity index (χ4v) is 4.00. The minimum atomic E-state index is -2.69. The van der Waals surface area contributed by atoms with Crippen LogP contribution < -0.4 is 0 Å². The molecule has 0 spiro atoms. The molecule has 0 saturated heterocycles. The lowest BCUT2D eigenvalue weighted by atomic mass is 10.1. The molecule has 2 aromatic carbocycles. The normalized spacial score (nSPS) is 13.7. The Kier molecular flexibility index (Phi) is 5.25. The SMILES string of the molecule is Cc1ccc(-c2nn(-c3nc(C(F)F)cc(C4CC4)n3)c(-c3ccc(C)cc3)c2Cl)cc1. The Morgan fingerprint density at radius 1 is 0.906 bits per heavy atom. The largest absolute Gasteiger partial charge is 0.280 e. The van der Waals surface area contributed by atoms with Crippen LogP contribution in [0.25, 0.3) is 28.5 Å². The summed E-state index contributed by atoms with van der Waals surface area (Å²) in [6.07, 6.45) is -0.809. The second kappa shape index (κ2) is 8.10. The molecule has 5 rings (SSSR count). The molecule has 1 aliphatic carbocycles. The van der Waals surface area contributed by atoms with E-state index in [2.05, 4.69) is 9.97 Å². The molecule has 1 fully saturated rings. The molecule has 4 nitrogen and oxygen atoms in total. The van der Waals surface area contributed by atoms with Gasteiger partial charge in [0.05, 0.1) is 10.7 Å². The van der Waals surface area contributed by atoms with Gasteiger partial charge in [0.15, 0.2) is 0 Å². The smallest absolute Gasteiger partial charge is 0.216 e. The van der Waals surface area contributed by atoms with Crippen molar-refractivity contribution in [2.45, 2.75) is 39.0 Å². The first-order valence-corrected chi connectivity index (χ1v) is 10.9. The van der Waals surface area contributed by atoms with Crippen LogP contribution in [0.5, 0.6) is 0 Å². The predicted octanol–water partition coefficient (Wildman–Crippen LogP) is 7.08. The molecule has 32 heavy (non-hydrogen) atoms. The molecule has 0 bridgehead atoms. The third-order valence-electron chi connectivity index (χ3n) is 5.64. The summed E-state index contributed by atoms with van der Waals surface area (Å²) in [6.45, 7) is 4.00. The van der Waals surface area contributed by atoms with Crippen LogP contribution in [-0.4, -0.2) is 19.7 Å². The third-order valence-corrected chi connectivity index (χ3v) is 6.00. The van der Waals surface area contributed by atoms with Crippen molar-refractivity contribution in [2.75, 3.05) is 0 Å². The summed E-state index contributed by atoms with van der Waals surface area (Å²) in [5.74, 6) is 0.306. The zero-order valence-corrected chi connectivity index (χ0v) is 18.4. The number of alkyl halides is 2. The lowest BCUT2D eigenvalue weighted by molar-refractivity contribution is 0.145. The highest BCUT2D eigenvalue weighted by molar-refractivity contribution is 6.35. The standard InChI is InChI=1S/C25H21ClF2N4/c1-14-3-7-17(8-4-14)22-21(26)23(18-9-5-15(2)6-10-18)32(31-22)25-29-19(16-11-12-16)13-20(30-25)24(27)28/h3-10,13,16,24H,11-12H2,1-2H3. The van der Waals surface area contributed by atoms with Gasteiger partial charge in [-0.2, -0.15) is 9.78 Å². The molecule has 0 N–H and O–H groups in total. The highest BCUT2D eigenvalue weighted by Crippen LogP contribution is 2.41. The number of halogens is 3. The summed E-state index contributed by atoms with van der Waals surface area (Å²) >= 11 is 6.86. The molecule has 0 radical (unpaired) electrons. The van der Waals surface area contributed by atoms with Crippen molar-refractivity contribution in [3.8, 4) is 28.5 Å². The quantitative estimate of drug-likeness (QED) is 0.326. The molecule has 0 atom stereocenters. The van der Waals surface area contributed by atoms with Crippen LogP contribution in [0.1, 0.15) is 47.7 Å². The highest BCUT2D eigenvalue weighted by atomic mass is 35.5. The topological polar surface area (TPSA) is 43.6 Å². The van der Waals surface area contributed by atoms with Gasteiger partial charge in [-0.1, -0.05) is 71.3 Å². The van der Waals surface area contributed by atoms with Crippen molar-refractivity contribution in [1.82, 2.24) is 19.7 Å². The van der Waals surface area contributed by atoms with Crippen LogP contribution in [0.4, 0.5) is 8.78 Å². The minimum Gasteiger partial charge on any atom is -0.216 e. The van der Waals surface area contributed by atoms with Gasteiger partial charge < -0.3 is 0 Å². The van der Waals surface area contributed by atoms with E-state index in [0.717, 1.165) is 35.1 Å². The van der Waals surface area contributed by atoms with Crippen LogP contribution in [0.3, 0.4) is 0 Å². The van der Waals surface area contributed by atoms with Crippen molar-refractivity contribution in [2.24, 2.45) is 0 Å². The van der Waals surface area contributed by atoms with E-state index in [9.17, 15) is 8.78 Å². The Morgan fingerprint density at radius 2 is 1.50 bits per heavy atom. The monoisotopic (exact) mass is 450 g/mol. The molecule has 7 heteroatoms. The maximum atomic E-state index is 13.6. The zero-order valence-electron chi connectivity index (χ0n) is 17.7. The fourth-order valence-electron chi connectivity index (χ4n) is 3.67. The summed E-state index contributed by atoms with van der Waals surface area (Å²) in [5.41, 5.74) is 5.33. The lowest BCUT2D eigenvalue weighted by Crippen LogP contribution is -2.09. The Bertz CT molecular complexity index is 1260. The molecule has 2 heterocycles. The van der Waals surface area contributed by atoms with E-state index in [1.165, 1.54) is 10.7 Å². The number of aryl methyl sites for hydroxylation is 2. The van der Waals surface area contributed by atoms with Gasteiger partial charge in [0.2, 0.25) is 0 Å². The van der Waals surface area contributed by atoms with Gasteiger partial charge in [-0.25, -0.2) is 18.7 Å². The number of nitrogens with zero attached hydrogens (tertiary/aromatic N) is 4. The first kappa shape index (κ1) is 20.8. The van der Waals surface area contributed by atoms with E-state index < -0.39 is 6.43 Å². The van der Waals surface area contributed by atoms with E-state index in [-0.39, 0.29) is 17.6 Å². The predicted molar refractivity (Wildman–Crippen MR) is 121 cm³/mol. The molecule has 4 aromatic rings. The zero-order chi connectivity index (χ0) is 22.4. The second-order valence-corrected chi connectivity index (χ2v) is 8.63. The second-order valence-electron chi connectivity index (χ2n) is 8.25. The number of aromatic nitrogens is 4. The van der Waals surface area contributed by atoms with Gasteiger partial charge in [-0.3, -0.25) is 0 Å². The summed E-state index contributed by atoms with van der Waals surface area (Å²) in [5, 5.41) is 5.14. The van der Waals surface area contributed by atoms with Crippen LogP contribution in [0.15, 0.2) is 54.6 Å². The van der Waals surface area contributed by atoms with E-state index in [4.69, 9.17) is 16.7 Å². The van der Waals surface area contributed by atoms with E-state index in [1.807, 2.05) is 62.4 Å². The van der Waals surface area contributed by atoms with Crippen LogP contribution in [0.2, 0.25) is 5.02 Å². The maximum absolute atomic E-state index is 13.6. The van der Waals surface area contributed by atoms with E-state index in [0.29, 0.717) is 22.1 Å². The fraction of sp³-hybridized carbons (Fsp3) is 0.240. The van der Waals surface area contributed by atoms with Crippen molar-refractivity contribution < 1.29 is 8.78 Å². The molecular formula is C25H21ClF2N4. The average molecular weight is 451 g/mol. The minimum absolute atomic E-state index is 0.112. The Balaban J connectivity index is 1.75. The van der Waals surface area contributed by atoms with Crippen LogP contribution in [0, 0.1) is 13.8 Å². The Morgan fingerprint density at radius 3 is 2.06 bits per heavy atom. The van der Waals surface area contributed by atoms with Gasteiger partial charge in [-0.05, 0) is 32.8 Å². The van der Waals surface area contributed by atoms with E-state index >= 15 is 0 Å². The molecule has 2 aromatic heterocycles. The van der Waals surface area contributed by atoms with Crippen LogP contribution in [-0.2, 0) is 0 Å².